The molecule has 13 heavy (non-hydrogen) atoms. The molecule has 0 aliphatic rings. The van der Waals surface area contributed by atoms with Gasteiger partial charge >= 0.3 is 6.98 Å². The molecule has 1 aromatic carbocycles. The van der Waals surface area contributed by atoms with Gasteiger partial charge in [0.1, 0.15) is 5.75 Å². The molecule has 1 N–H and O–H groups in total. The van der Waals surface area contributed by atoms with Crippen molar-refractivity contribution in [2.24, 2.45) is 0 Å². The van der Waals surface area contributed by atoms with E-state index in [0.29, 0.717) is 4.90 Å². The average Bonchev–Trinajstić information content (AvgIpc) is 2.02. The molecule has 6 heteroatoms. The monoisotopic (exact) mass is 207 g/mol. The van der Waals surface area contributed by atoms with E-state index in [1.807, 2.05) is 0 Å². The molecule has 0 bridgehead atoms. The van der Waals surface area contributed by atoms with E-state index in [9.17, 15) is 12.9 Å². The zero-order valence-corrected chi connectivity index (χ0v) is 7.40. The maximum atomic E-state index is 11.8. The number of rotatable bonds is 3. The third-order valence-electron chi connectivity index (χ3n) is 1.28. The lowest BCUT2D eigenvalue weighted by atomic mass is 9.98. The summed E-state index contributed by atoms with van der Waals surface area (Å²) in [5.41, 5.74) is -0.842. The standard InChI is InChI=1S/C7H7BF3OS/c9-8(10,11)5-13-7-3-1-6(12)2-4-7/h1-4,12H,5H2/q-1. The first-order valence-electron chi connectivity index (χ1n) is 3.60. The van der Waals surface area contributed by atoms with Crippen LogP contribution in [0, 0.1) is 0 Å². The molecule has 0 atom stereocenters. The Kier molecular flexibility index (Phi) is 3.14. The smallest absolute Gasteiger partial charge is 0.488 e. The summed E-state index contributed by atoms with van der Waals surface area (Å²) in [6.45, 7) is -4.74. The number of benzene rings is 1. The number of phenols is 1. The van der Waals surface area contributed by atoms with Crippen LogP contribution in [0.1, 0.15) is 0 Å². The maximum absolute atomic E-state index is 11.8. The summed E-state index contributed by atoms with van der Waals surface area (Å²) in [5, 5.41) is 8.86. The van der Waals surface area contributed by atoms with Crippen molar-refractivity contribution in [2.45, 2.75) is 4.90 Å². The van der Waals surface area contributed by atoms with Gasteiger partial charge in [0.2, 0.25) is 0 Å². The van der Waals surface area contributed by atoms with Gasteiger partial charge in [0.15, 0.2) is 0 Å². The molecule has 0 aliphatic heterocycles. The van der Waals surface area contributed by atoms with E-state index in [1.165, 1.54) is 24.3 Å². The molecule has 1 aromatic rings. The fourth-order valence-electron chi connectivity index (χ4n) is 0.733. The number of hydrogen-bond donors (Lipinski definition) is 1. The van der Waals surface area contributed by atoms with Crippen molar-refractivity contribution in [2.75, 3.05) is 5.65 Å². The van der Waals surface area contributed by atoms with Crippen molar-refractivity contribution in [1.82, 2.24) is 0 Å². The molecule has 1 nitrogen and oxygen atoms in total. The molecule has 0 heterocycles. The van der Waals surface area contributed by atoms with Crippen molar-refractivity contribution >= 4 is 18.7 Å². The predicted molar refractivity (Wildman–Crippen MR) is 47.9 cm³/mol. The van der Waals surface area contributed by atoms with E-state index in [-0.39, 0.29) is 5.75 Å². The third kappa shape index (κ3) is 4.12. The van der Waals surface area contributed by atoms with E-state index in [1.54, 1.807) is 0 Å². The van der Waals surface area contributed by atoms with Crippen molar-refractivity contribution in [3.8, 4) is 5.75 Å². The highest BCUT2D eigenvalue weighted by Crippen LogP contribution is 2.25. The Balaban J connectivity index is 2.51. The fraction of sp³-hybridized carbons (Fsp3) is 0.143. The molecule has 1 rings (SSSR count). The Labute approximate surface area is 78.0 Å². The minimum atomic E-state index is -4.74. The summed E-state index contributed by atoms with van der Waals surface area (Å²) < 4.78 is 35.4. The summed E-state index contributed by atoms with van der Waals surface area (Å²) in [7, 11) is 0. The van der Waals surface area contributed by atoms with Crippen molar-refractivity contribution in [1.29, 1.82) is 0 Å². The largest absolute Gasteiger partial charge is 0.508 e. The van der Waals surface area contributed by atoms with E-state index < -0.39 is 12.6 Å². The van der Waals surface area contributed by atoms with E-state index in [4.69, 9.17) is 5.11 Å². The summed E-state index contributed by atoms with van der Waals surface area (Å²) in [6.07, 6.45) is 0. The van der Waals surface area contributed by atoms with Crippen LogP contribution in [0.3, 0.4) is 0 Å². The topological polar surface area (TPSA) is 20.2 Å². The van der Waals surface area contributed by atoms with Crippen LogP contribution in [0.5, 0.6) is 5.75 Å². The Morgan fingerprint density at radius 2 is 1.69 bits per heavy atom. The number of halogens is 3. The second-order valence-electron chi connectivity index (χ2n) is 2.52. The normalized spacial score (nSPS) is 11.6. The lowest BCUT2D eigenvalue weighted by molar-refractivity contribution is 0.475. The van der Waals surface area contributed by atoms with Gasteiger partial charge in [-0.25, -0.2) is 0 Å². The van der Waals surface area contributed by atoms with Crippen LogP contribution in [0.2, 0.25) is 0 Å². The van der Waals surface area contributed by atoms with E-state index >= 15 is 0 Å². The molecule has 72 valence electrons. The van der Waals surface area contributed by atoms with Gasteiger partial charge in [0, 0.05) is 4.90 Å². The molecule has 0 unspecified atom stereocenters. The van der Waals surface area contributed by atoms with Gasteiger partial charge in [0.05, 0.1) is 0 Å². The molecular formula is C7H7BF3OS-. The minimum Gasteiger partial charge on any atom is -0.508 e. The third-order valence-corrected chi connectivity index (χ3v) is 2.43. The molecular weight excluding hydrogens is 200 g/mol. The SMILES string of the molecule is Oc1ccc(SC[B-](F)(F)F)cc1. The second-order valence-corrected chi connectivity index (χ2v) is 3.61. The van der Waals surface area contributed by atoms with Crippen molar-refractivity contribution in [3.05, 3.63) is 24.3 Å². The highest BCUT2D eigenvalue weighted by Gasteiger charge is 2.22. The molecule has 0 fully saturated rings. The van der Waals surface area contributed by atoms with Crippen LogP contribution >= 0.6 is 11.8 Å². The number of thioether (sulfide) groups is 1. The van der Waals surface area contributed by atoms with Crippen LogP contribution in [-0.2, 0) is 0 Å². The van der Waals surface area contributed by atoms with Crippen LogP contribution in [-0.4, -0.2) is 17.7 Å². The summed E-state index contributed by atoms with van der Waals surface area (Å²) in [5.74, 6) is 0.0573. The first-order chi connectivity index (χ1) is 5.97. The highest BCUT2D eigenvalue weighted by molar-refractivity contribution is 8.00. The van der Waals surface area contributed by atoms with E-state index in [0.717, 1.165) is 11.8 Å². The van der Waals surface area contributed by atoms with Crippen LogP contribution < -0.4 is 0 Å². The molecule has 0 aliphatic carbocycles. The highest BCUT2D eigenvalue weighted by atomic mass is 32.2. The lowest BCUT2D eigenvalue weighted by Crippen LogP contribution is -2.18. The maximum Gasteiger partial charge on any atom is 0.488 e. The number of phenolic OH excluding ortho intramolecular Hbond substituents is 1. The van der Waals surface area contributed by atoms with Gasteiger partial charge < -0.3 is 18.1 Å². The molecule has 0 amide bonds. The second kappa shape index (κ2) is 3.96. The van der Waals surface area contributed by atoms with Gasteiger partial charge in [-0.3, -0.25) is 0 Å². The predicted octanol–water partition coefficient (Wildman–Crippen LogP) is 2.87. The quantitative estimate of drug-likeness (QED) is 0.607. The van der Waals surface area contributed by atoms with Gasteiger partial charge in [0.25, 0.3) is 0 Å². The van der Waals surface area contributed by atoms with Gasteiger partial charge in [-0.2, -0.15) is 11.8 Å². The zero-order chi connectivity index (χ0) is 9.90. The van der Waals surface area contributed by atoms with Crippen LogP contribution in [0.4, 0.5) is 12.9 Å². The van der Waals surface area contributed by atoms with E-state index in [2.05, 4.69) is 0 Å². The Morgan fingerprint density at radius 1 is 1.15 bits per heavy atom. The Hall–Kier alpha value is -0.775. The first-order valence-corrected chi connectivity index (χ1v) is 4.59. The zero-order valence-electron chi connectivity index (χ0n) is 6.58. The minimum absolute atomic E-state index is 0.0573. The van der Waals surface area contributed by atoms with Crippen LogP contribution in [0.15, 0.2) is 29.2 Å². The molecule has 0 spiro atoms. The lowest BCUT2D eigenvalue weighted by Gasteiger charge is -2.12. The van der Waals surface area contributed by atoms with Crippen molar-refractivity contribution < 1.29 is 18.1 Å². The summed E-state index contributed by atoms with van der Waals surface area (Å²) >= 11 is 0.728. The van der Waals surface area contributed by atoms with Gasteiger partial charge in [-0.1, -0.05) is 0 Å². The summed E-state index contributed by atoms with van der Waals surface area (Å²) in [4.78, 5) is 0.511. The average molecular weight is 207 g/mol. The molecule has 0 aromatic heterocycles. The Morgan fingerprint density at radius 3 is 2.15 bits per heavy atom. The molecule has 0 saturated carbocycles. The Bertz CT molecular complexity index is 272. The van der Waals surface area contributed by atoms with Gasteiger partial charge in [-0.15, -0.1) is 0 Å². The first kappa shape index (κ1) is 10.3. The number of aromatic hydroxyl groups is 1. The molecule has 0 radical (unpaired) electrons. The van der Waals surface area contributed by atoms with Gasteiger partial charge in [-0.05, 0) is 29.9 Å². The van der Waals surface area contributed by atoms with Crippen LogP contribution in [0.25, 0.3) is 0 Å². The number of hydrogen-bond acceptors (Lipinski definition) is 2. The summed E-state index contributed by atoms with van der Waals surface area (Å²) in [6, 6.07) is 5.65. The fourth-order valence-corrected chi connectivity index (χ4v) is 1.44. The molecule has 0 saturated heterocycles. The van der Waals surface area contributed by atoms with Crippen molar-refractivity contribution in [3.63, 3.8) is 0 Å².